The van der Waals surface area contributed by atoms with Crippen LogP contribution in [0.3, 0.4) is 0 Å². The first-order valence-electron chi connectivity index (χ1n) is 10.6. The van der Waals surface area contributed by atoms with Gasteiger partial charge in [-0.05, 0) is 60.2 Å². The van der Waals surface area contributed by atoms with Crippen molar-refractivity contribution in [1.82, 2.24) is 5.32 Å². The second-order valence-corrected chi connectivity index (χ2v) is 10.1. The highest BCUT2D eigenvalue weighted by Crippen LogP contribution is 2.26. The number of carbonyl (C=O) groups excluding carboxylic acids is 1. The minimum Gasteiger partial charge on any atom is -0.351 e. The summed E-state index contributed by atoms with van der Waals surface area (Å²) in [6.45, 7) is 6.71. The van der Waals surface area contributed by atoms with Crippen LogP contribution < -0.4 is 9.62 Å². The highest BCUT2D eigenvalue weighted by molar-refractivity contribution is 7.92. The number of hydrogen-bond donors (Lipinski definition) is 1. The Morgan fingerprint density at radius 3 is 2.22 bits per heavy atom. The van der Waals surface area contributed by atoms with Crippen LogP contribution in [0.5, 0.6) is 0 Å². The Bertz CT molecular complexity index is 1170. The summed E-state index contributed by atoms with van der Waals surface area (Å²) < 4.78 is 26.4. The van der Waals surface area contributed by atoms with Gasteiger partial charge in [0.05, 0.1) is 18.5 Å². The lowest BCUT2D eigenvalue weighted by molar-refractivity contribution is 0.0951. The lowest BCUT2D eigenvalue weighted by Crippen LogP contribution is -2.30. The molecule has 0 spiro atoms. The second kappa shape index (κ2) is 10.0. The van der Waals surface area contributed by atoms with Gasteiger partial charge in [-0.25, -0.2) is 8.42 Å². The molecule has 0 aliphatic carbocycles. The van der Waals surface area contributed by atoms with E-state index in [0.717, 1.165) is 16.7 Å². The summed E-state index contributed by atoms with van der Waals surface area (Å²) in [6.07, 6.45) is 1.21. The molecule has 168 valence electrons. The van der Waals surface area contributed by atoms with Crippen molar-refractivity contribution in [1.29, 1.82) is 0 Å². The summed E-state index contributed by atoms with van der Waals surface area (Å²) in [6, 6.07) is 22.8. The topological polar surface area (TPSA) is 66.5 Å². The monoisotopic (exact) mass is 450 g/mol. The fourth-order valence-corrected chi connectivity index (χ4v) is 4.50. The molecule has 0 fully saturated rings. The van der Waals surface area contributed by atoms with Gasteiger partial charge < -0.3 is 5.32 Å². The van der Waals surface area contributed by atoms with E-state index in [1.54, 1.807) is 24.3 Å². The van der Waals surface area contributed by atoms with Crippen molar-refractivity contribution < 1.29 is 13.2 Å². The molecule has 32 heavy (non-hydrogen) atoms. The van der Waals surface area contributed by atoms with Crippen molar-refractivity contribution in [2.24, 2.45) is 0 Å². The molecule has 5 nitrogen and oxygen atoms in total. The number of sulfonamides is 1. The molecule has 1 unspecified atom stereocenters. The fraction of sp³-hybridized carbons (Fsp3) is 0.269. The van der Waals surface area contributed by atoms with Crippen molar-refractivity contribution in [2.75, 3.05) is 17.1 Å². The SMILES string of the molecule is Cc1cccc(N(Cc2ccc(C(=O)NCC(C)c3ccccc3)cc2)S(C)(=O)=O)c1C. The maximum Gasteiger partial charge on any atom is 0.251 e. The predicted octanol–water partition coefficient (Wildman–Crippen LogP) is 4.80. The number of anilines is 1. The van der Waals surface area contributed by atoms with E-state index in [-0.39, 0.29) is 18.4 Å². The highest BCUT2D eigenvalue weighted by Gasteiger charge is 2.20. The molecule has 0 aromatic heterocycles. The van der Waals surface area contributed by atoms with Gasteiger partial charge in [0.15, 0.2) is 0 Å². The maximum absolute atomic E-state index is 12.6. The van der Waals surface area contributed by atoms with E-state index in [1.807, 2.05) is 50.2 Å². The molecule has 0 aliphatic rings. The zero-order chi connectivity index (χ0) is 23.3. The Kier molecular flexibility index (Phi) is 7.36. The summed E-state index contributed by atoms with van der Waals surface area (Å²) in [4.78, 5) is 12.6. The summed E-state index contributed by atoms with van der Waals surface area (Å²) in [7, 11) is -3.47. The zero-order valence-electron chi connectivity index (χ0n) is 19.0. The van der Waals surface area contributed by atoms with Gasteiger partial charge in [0, 0.05) is 12.1 Å². The average Bonchev–Trinajstić information content (AvgIpc) is 2.78. The summed E-state index contributed by atoms with van der Waals surface area (Å²) >= 11 is 0. The third-order valence-electron chi connectivity index (χ3n) is 5.72. The van der Waals surface area contributed by atoms with E-state index >= 15 is 0 Å². The number of nitrogens with one attached hydrogen (secondary N) is 1. The van der Waals surface area contributed by atoms with Crippen molar-refractivity contribution in [3.63, 3.8) is 0 Å². The highest BCUT2D eigenvalue weighted by atomic mass is 32.2. The summed E-state index contributed by atoms with van der Waals surface area (Å²) in [5.74, 6) is 0.0640. The molecule has 6 heteroatoms. The second-order valence-electron chi connectivity index (χ2n) is 8.21. The predicted molar refractivity (Wildman–Crippen MR) is 131 cm³/mol. The van der Waals surface area contributed by atoms with Crippen LogP contribution in [0.4, 0.5) is 5.69 Å². The first-order chi connectivity index (χ1) is 15.2. The molecule has 1 amide bonds. The largest absolute Gasteiger partial charge is 0.351 e. The fourth-order valence-electron chi connectivity index (χ4n) is 3.56. The summed E-state index contributed by atoms with van der Waals surface area (Å²) in [5, 5.41) is 2.98. The third kappa shape index (κ3) is 5.77. The van der Waals surface area contributed by atoms with Gasteiger partial charge in [0.25, 0.3) is 5.91 Å². The normalized spacial score (nSPS) is 12.2. The number of aryl methyl sites for hydroxylation is 1. The Labute approximate surface area is 191 Å². The van der Waals surface area contributed by atoms with Crippen LogP contribution in [-0.4, -0.2) is 27.1 Å². The Morgan fingerprint density at radius 2 is 1.59 bits per heavy atom. The molecular formula is C26H30N2O3S. The lowest BCUT2D eigenvalue weighted by atomic mass is 10.0. The average molecular weight is 451 g/mol. The molecule has 0 bridgehead atoms. The number of carbonyl (C=O) groups is 1. The molecule has 1 N–H and O–H groups in total. The first-order valence-corrected chi connectivity index (χ1v) is 12.5. The third-order valence-corrected chi connectivity index (χ3v) is 6.85. The number of amides is 1. The molecule has 0 saturated heterocycles. The van der Waals surface area contributed by atoms with E-state index in [9.17, 15) is 13.2 Å². The van der Waals surface area contributed by atoms with Crippen LogP contribution in [0.15, 0.2) is 72.8 Å². The van der Waals surface area contributed by atoms with Gasteiger partial charge >= 0.3 is 0 Å². The van der Waals surface area contributed by atoms with Crippen LogP contribution in [0, 0.1) is 13.8 Å². The van der Waals surface area contributed by atoms with Crippen molar-refractivity contribution in [3.8, 4) is 0 Å². The van der Waals surface area contributed by atoms with Gasteiger partial charge in [-0.1, -0.05) is 61.5 Å². The minimum atomic E-state index is -3.47. The smallest absolute Gasteiger partial charge is 0.251 e. The van der Waals surface area contributed by atoms with E-state index in [2.05, 4.69) is 24.4 Å². The Hall–Kier alpha value is -3.12. The zero-order valence-corrected chi connectivity index (χ0v) is 19.8. The molecule has 3 aromatic carbocycles. The van der Waals surface area contributed by atoms with Crippen molar-refractivity contribution in [2.45, 2.75) is 33.2 Å². The molecule has 1 atom stereocenters. The molecule has 3 aromatic rings. The first kappa shape index (κ1) is 23.5. The van der Waals surface area contributed by atoms with E-state index in [4.69, 9.17) is 0 Å². The molecule has 0 radical (unpaired) electrons. The standard InChI is InChI=1S/C26H30N2O3S/c1-19-9-8-12-25(21(19)3)28(32(4,30)31)18-22-13-15-24(16-14-22)26(29)27-17-20(2)23-10-6-5-7-11-23/h5-16,20H,17-18H2,1-4H3,(H,27,29). The van der Waals surface area contributed by atoms with Gasteiger partial charge in [-0.15, -0.1) is 0 Å². The number of rotatable bonds is 8. The van der Waals surface area contributed by atoms with E-state index < -0.39 is 10.0 Å². The number of nitrogens with zero attached hydrogens (tertiary/aromatic N) is 1. The van der Waals surface area contributed by atoms with Crippen molar-refractivity contribution >= 4 is 21.6 Å². The number of hydrogen-bond acceptors (Lipinski definition) is 3. The molecular weight excluding hydrogens is 420 g/mol. The lowest BCUT2D eigenvalue weighted by Gasteiger charge is -2.25. The van der Waals surface area contributed by atoms with Crippen LogP contribution >= 0.6 is 0 Å². The quantitative estimate of drug-likeness (QED) is 0.536. The maximum atomic E-state index is 12.6. The van der Waals surface area contributed by atoms with Gasteiger partial charge in [-0.2, -0.15) is 0 Å². The van der Waals surface area contributed by atoms with Crippen LogP contribution in [0.1, 0.15) is 45.5 Å². The van der Waals surface area contributed by atoms with Crippen molar-refractivity contribution in [3.05, 3.63) is 101 Å². The number of benzene rings is 3. The minimum absolute atomic E-state index is 0.145. The van der Waals surface area contributed by atoms with Crippen LogP contribution in [0.2, 0.25) is 0 Å². The molecule has 0 heterocycles. The van der Waals surface area contributed by atoms with Gasteiger partial charge in [0.1, 0.15) is 0 Å². The molecule has 0 saturated carbocycles. The summed E-state index contributed by atoms with van der Waals surface area (Å²) in [5.41, 5.74) is 5.17. The molecule has 3 rings (SSSR count). The van der Waals surface area contributed by atoms with Gasteiger partial charge in [-0.3, -0.25) is 9.10 Å². The van der Waals surface area contributed by atoms with Crippen LogP contribution in [0.25, 0.3) is 0 Å². The van der Waals surface area contributed by atoms with E-state index in [1.165, 1.54) is 16.1 Å². The van der Waals surface area contributed by atoms with Gasteiger partial charge in [0.2, 0.25) is 10.0 Å². The van der Waals surface area contributed by atoms with E-state index in [0.29, 0.717) is 17.8 Å². The Morgan fingerprint density at radius 1 is 0.938 bits per heavy atom. The van der Waals surface area contributed by atoms with Crippen LogP contribution in [-0.2, 0) is 16.6 Å². The Balaban J connectivity index is 1.70. The molecule has 0 aliphatic heterocycles.